The first-order valence-corrected chi connectivity index (χ1v) is 7.43. The number of aryl methyl sites for hydroxylation is 1. The zero-order valence-electron chi connectivity index (χ0n) is 13.8. The molecular formula is C18H23NO3. The highest BCUT2D eigenvalue weighted by atomic mass is 16.6. The van der Waals surface area contributed by atoms with Gasteiger partial charge in [0, 0.05) is 11.8 Å². The lowest BCUT2D eigenvalue weighted by molar-refractivity contribution is 0.0540. The van der Waals surface area contributed by atoms with Crippen molar-refractivity contribution in [3.05, 3.63) is 42.1 Å². The maximum atomic E-state index is 12.4. The van der Waals surface area contributed by atoms with E-state index in [1.165, 1.54) is 10.1 Å². The molecule has 0 aliphatic rings. The van der Waals surface area contributed by atoms with Crippen molar-refractivity contribution in [2.75, 3.05) is 7.11 Å². The van der Waals surface area contributed by atoms with Crippen LogP contribution in [0.4, 0.5) is 4.79 Å². The number of benzene rings is 1. The van der Waals surface area contributed by atoms with Crippen LogP contribution in [0.15, 0.2) is 36.5 Å². The van der Waals surface area contributed by atoms with Crippen molar-refractivity contribution in [1.82, 2.24) is 4.57 Å². The van der Waals surface area contributed by atoms with Crippen LogP contribution in [-0.4, -0.2) is 23.4 Å². The minimum absolute atomic E-state index is 0.392. The molecule has 0 aliphatic carbocycles. The summed E-state index contributed by atoms with van der Waals surface area (Å²) < 4.78 is 12.4. The molecule has 0 unspecified atom stereocenters. The molecule has 0 spiro atoms. The van der Waals surface area contributed by atoms with E-state index in [4.69, 9.17) is 9.47 Å². The minimum atomic E-state index is -0.534. The van der Waals surface area contributed by atoms with Crippen molar-refractivity contribution in [3.8, 4) is 17.0 Å². The number of methoxy groups -OCH3 is 1. The molecule has 0 N–H and O–H groups in total. The summed E-state index contributed by atoms with van der Waals surface area (Å²) in [6.07, 6.45) is 2.24. The molecule has 22 heavy (non-hydrogen) atoms. The standard InChI is InChI=1S/C18H23NO3/c1-6-13-9-10-16(21-5)14(12-13)15-8-7-11-19(15)17(20)22-18(2,3)4/h7-12H,6H2,1-5H3. The van der Waals surface area contributed by atoms with Gasteiger partial charge in [-0.25, -0.2) is 4.79 Å². The Labute approximate surface area is 131 Å². The second-order valence-corrected chi connectivity index (χ2v) is 6.13. The van der Waals surface area contributed by atoms with Gasteiger partial charge in [-0.15, -0.1) is 0 Å². The fraction of sp³-hybridized carbons (Fsp3) is 0.389. The predicted octanol–water partition coefficient (Wildman–Crippen LogP) is 4.51. The molecule has 0 amide bonds. The first-order valence-electron chi connectivity index (χ1n) is 7.43. The number of carbonyl (C=O) groups is 1. The van der Waals surface area contributed by atoms with E-state index in [1.807, 2.05) is 45.0 Å². The number of hydrogen-bond donors (Lipinski definition) is 0. The third-order valence-corrected chi connectivity index (χ3v) is 3.29. The van der Waals surface area contributed by atoms with Crippen LogP contribution >= 0.6 is 0 Å². The van der Waals surface area contributed by atoms with Gasteiger partial charge in [0.2, 0.25) is 0 Å². The van der Waals surface area contributed by atoms with Crippen LogP contribution < -0.4 is 4.74 Å². The molecule has 4 nitrogen and oxygen atoms in total. The number of rotatable bonds is 3. The zero-order valence-corrected chi connectivity index (χ0v) is 13.8. The fourth-order valence-electron chi connectivity index (χ4n) is 2.25. The van der Waals surface area contributed by atoms with Crippen LogP contribution in [0.3, 0.4) is 0 Å². The van der Waals surface area contributed by atoms with E-state index in [-0.39, 0.29) is 0 Å². The summed E-state index contributed by atoms with van der Waals surface area (Å²) in [5.74, 6) is 0.737. The van der Waals surface area contributed by atoms with Gasteiger partial charge in [-0.05, 0) is 57.0 Å². The Morgan fingerprint density at radius 3 is 2.55 bits per heavy atom. The first kappa shape index (κ1) is 16.1. The van der Waals surface area contributed by atoms with Crippen molar-refractivity contribution in [3.63, 3.8) is 0 Å². The molecule has 1 aromatic carbocycles. The Morgan fingerprint density at radius 1 is 1.23 bits per heavy atom. The first-order chi connectivity index (χ1) is 10.4. The third kappa shape index (κ3) is 3.50. The Balaban J connectivity index is 2.47. The van der Waals surface area contributed by atoms with Gasteiger partial charge < -0.3 is 9.47 Å². The number of carbonyl (C=O) groups excluding carboxylic acids is 1. The average molecular weight is 301 g/mol. The van der Waals surface area contributed by atoms with Gasteiger partial charge in [0.1, 0.15) is 11.4 Å². The van der Waals surface area contributed by atoms with E-state index in [2.05, 4.69) is 13.0 Å². The van der Waals surface area contributed by atoms with E-state index < -0.39 is 11.7 Å². The molecule has 1 heterocycles. The Hall–Kier alpha value is -2.23. The van der Waals surface area contributed by atoms with Gasteiger partial charge in [0.25, 0.3) is 0 Å². The summed E-state index contributed by atoms with van der Waals surface area (Å²) in [7, 11) is 1.63. The molecule has 0 bridgehead atoms. The molecule has 2 aromatic rings. The Kier molecular flexibility index (Phi) is 4.59. The number of hydrogen-bond acceptors (Lipinski definition) is 3. The van der Waals surface area contributed by atoms with Crippen molar-refractivity contribution >= 4 is 6.09 Å². The number of aromatic nitrogens is 1. The summed E-state index contributed by atoms with van der Waals surface area (Å²) in [6.45, 7) is 7.66. The molecular weight excluding hydrogens is 278 g/mol. The molecule has 0 aliphatic heterocycles. The Bertz CT molecular complexity index is 665. The minimum Gasteiger partial charge on any atom is -0.496 e. The monoisotopic (exact) mass is 301 g/mol. The van der Waals surface area contributed by atoms with Gasteiger partial charge in [0.15, 0.2) is 0 Å². The van der Waals surface area contributed by atoms with Gasteiger partial charge in [-0.3, -0.25) is 4.57 Å². The lowest BCUT2D eigenvalue weighted by Gasteiger charge is -2.21. The van der Waals surface area contributed by atoms with Crippen LogP contribution in [0, 0.1) is 0 Å². The molecule has 1 aromatic heterocycles. The predicted molar refractivity (Wildman–Crippen MR) is 87.4 cm³/mol. The van der Waals surface area contributed by atoms with Crippen LogP contribution in [0.2, 0.25) is 0 Å². The molecule has 0 radical (unpaired) electrons. The van der Waals surface area contributed by atoms with E-state index in [1.54, 1.807) is 13.3 Å². The maximum absolute atomic E-state index is 12.4. The van der Waals surface area contributed by atoms with Crippen molar-refractivity contribution in [2.24, 2.45) is 0 Å². The second kappa shape index (κ2) is 6.26. The summed E-state index contributed by atoms with van der Waals surface area (Å²) >= 11 is 0. The molecule has 4 heteroatoms. The van der Waals surface area contributed by atoms with E-state index >= 15 is 0 Å². The van der Waals surface area contributed by atoms with Gasteiger partial charge in [-0.1, -0.05) is 13.0 Å². The second-order valence-electron chi connectivity index (χ2n) is 6.13. The normalized spacial score (nSPS) is 11.3. The smallest absolute Gasteiger partial charge is 0.418 e. The highest BCUT2D eigenvalue weighted by molar-refractivity contribution is 5.81. The molecule has 0 saturated carbocycles. The summed E-state index contributed by atoms with van der Waals surface area (Å²) in [5, 5.41) is 0. The zero-order chi connectivity index (χ0) is 16.3. The highest BCUT2D eigenvalue weighted by Gasteiger charge is 2.21. The lowest BCUT2D eigenvalue weighted by Crippen LogP contribution is -2.27. The highest BCUT2D eigenvalue weighted by Crippen LogP contribution is 2.32. The largest absolute Gasteiger partial charge is 0.496 e. The molecule has 118 valence electrons. The van der Waals surface area contributed by atoms with Gasteiger partial charge >= 0.3 is 6.09 Å². The van der Waals surface area contributed by atoms with E-state index in [0.29, 0.717) is 0 Å². The van der Waals surface area contributed by atoms with Gasteiger partial charge in [0.05, 0.1) is 12.8 Å². The summed E-state index contributed by atoms with van der Waals surface area (Å²) in [6, 6.07) is 9.73. The van der Waals surface area contributed by atoms with Gasteiger partial charge in [-0.2, -0.15) is 0 Å². The number of ether oxygens (including phenoxy) is 2. The number of nitrogens with zero attached hydrogens (tertiary/aromatic N) is 1. The topological polar surface area (TPSA) is 40.5 Å². The van der Waals surface area contributed by atoms with E-state index in [9.17, 15) is 4.79 Å². The molecule has 0 saturated heterocycles. The molecule has 2 rings (SSSR count). The third-order valence-electron chi connectivity index (χ3n) is 3.29. The van der Waals surface area contributed by atoms with E-state index in [0.717, 1.165) is 23.4 Å². The van der Waals surface area contributed by atoms with Crippen molar-refractivity contribution < 1.29 is 14.3 Å². The van der Waals surface area contributed by atoms with Crippen molar-refractivity contribution in [1.29, 1.82) is 0 Å². The SMILES string of the molecule is CCc1ccc(OC)c(-c2cccn2C(=O)OC(C)(C)C)c1. The van der Waals surface area contributed by atoms with Crippen molar-refractivity contribution in [2.45, 2.75) is 39.7 Å². The molecule has 0 atom stereocenters. The average Bonchev–Trinajstić information content (AvgIpc) is 2.94. The van der Waals surface area contributed by atoms with Crippen LogP contribution in [0.25, 0.3) is 11.3 Å². The quantitative estimate of drug-likeness (QED) is 0.837. The van der Waals surface area contributed by atoms with Crippen LogP contribution in [-0.2, 0) is 11.2 Å². The molecule has 0 fully saturated rings. The summed E-state index contributed by atoms with van der Waals surface area (Å²) in [4.78, 5) is 12.4. The van der Waals surface area contributed by atoms with Crippen LogP contribution in [0.5, 0.6) is 5.75 Å². The lowest BCUT2D eigenvalue weighted by atomic mass is 10.1. The maximum Gasteiger partial charge on any atom is 0.418 e. The van der Waals surface area contributed by atoms with Crippen LogP contribution in [0.1, 0.15) is 33.3 Å². The fourth-order valence-corrected chi connectivity index (χ4v) is 2.25. The summed E-state index contributed by atoms with van der Waals surface area (Å²) in [5.41, 5.74) is 2.31. The Morgan fingerprint density at radius 2 is 1.95 bits per heavy atom.